The normalized spacial score (nSPS) is 11.7. The molecule has 1 aromatic carbocycles. The molecule has 0 bridgehead atoms. The average molecular weight is 348 g/mol. The summed E-state index contributed by atoms with van der Waals surface area (Å²) in [7, 11) is 1.64. The van der Waals surface area contributed by atoms with Crippen LogP contribution in [0.1, 0.15) is 27.6 Å². The maximum absolute atomic E-state index is 12.8. The molecule has 0 aliphatic heterocycles. The van der Waals surface area contributed by atoms with Crippen LogP contribution in [0.4, 0.5) is 13.2 Å². The fraction of sp³-hybridized carbons (Fsp3) is 0.235. The predicted molar refractivity (Wildman–Crippen MR) is 85.9 cm³/mol. The number of carbonyl (C=O) groups excluding carboxylic acids is 1. The number of nitrogens with zero attached hydrogens (tertiary/aromatic N) is 3. The number of rotatable bonds is 3. The van der Waals surface area contributed by atoms with Crippen molar-refractivity contribution >= 4 is 16.8 Å². The van der Waals surface area contributed by atoms with E-state index in [2.05, 4.69) is 15.3 Å². The molecule has 2 heterocycles. The highest BCUT2D eigenvalue weighted by Crippen LogP contribution is 2.32. The molecule has 0 atom stereocenters. The number of nitrogens with one attached hydrogen (secondary N) is 1. The summed E-state index contributed by atoms with van der Waals surface area (Å²) in [6, 6.07) is 6.55. The van der Waals surface area contributed by atoms with Crippen LogP contribution >= 0.6 is 0 Å². The van der Waals surface area contributed by atoms with Crippen molar-refractivity contribution in [3.05, 3.63) is 59.3 Å². The number of carbonyl (C=O) groups is 1. The second-order valence-corrected chi connectivity index (χ2v) is 5.64. The molecule has 25 heavy (non-hydrogen) atoms. The molecule has 0 saturated carbocycles. The lowest BCUT2D eigenvalue weighted by atomic mass is 10.1. The maximum Gasteiger partial charge on any atom is 0.416 e. The Balaban J connectivity index is 1.85. The van der Waals surface area contributed by atoms with Crippen molar-refractivity contribution in [1.82, 2.24) is 19.9 Å². The summed E-state index contributed by atoms with van der Waals surface area (Å²) in [5, 5.41) is 3.08. The zero-order valence-electron chi connectivity index (χ0n) is 13.6. The first kappa shape index (κ1) is 16.9. The first-order valence-electron chi connectivity index (χ1n) is 7.49. The van der Waals surface area contributed by atoms with Crippen molar-refractivity contribution in [3.63, 3.8) is 0 Å². The van der Waals surface area contributed by atoms with Crippen LogP contribution in [-0.2, 0) is 19.8 Å². The number of alkyl halides is 3. The molecule has 5 nitrogen and oxygen atoms in total. The summed E-state index contributed by atoms with van der Waals surface area (Å²) in [5.41, 5.74) is 0.740. The Kier molecular flexibility index (Phi) is 4.20. The molecule has 3 rings (SSSR count). The first-order valence-corrected chi connectivity index (χ1v) is 7.49. The van der Waals surface area contributed by atoms with Gasteiger partial charge >= 0.3 is 6.18 Å². The third-order valence-corrected chi connectivity index (χ3v) is 3.87. The van der Waals surface area contributed by atoms with Gasteiger partial charge in [-0.1, -0.05) is 0 Å². The highest BCUT2D eigenvalue weighted by molar-refractivity contribution is 5.98. The van der Waals surface area contributed by atoms with Crippen LogP contribution in [0.2, 0.25) is 0 Å². The third-order valence-electron chi connectivity index (χ3n) is 3.87. The van der Waals surface area contributed by atoms with Crippen molar-refractivity contribution in [2.45, 2.75) is 19.6 Å². The van der Waals surface area contributed by atoms with Crippen molar-refractivity contribution in [3.8, 4) is 0 Å². The molecule has 3 aromatic rings. The van der Waals surface area contributed by atoms with E-state index in [0.29, 0.717) is 22.4 Å². The van der Waals surface area contributed by atoms with E-state index >= 15 is 0 Å². The Morgan fingerprint density at radius 2 is 2.00 bits per heavy atom. The molecule has 0 aliphatic rings. The van der Waals surface area contributed by atoms with E-state index in [4.69, 9.17) is 0 Å². The lowest BCUT2D eigenvalue weighted by Crippen LogP contribution is -2.25. The van der Waals surface area contributed by atoms with Gasteiger partial charge in [-0.05, 0) is 37.3 Å². The van der Waals surface area contributed by atoms with Crippen LogP contribution in [0, 0.1) is 6.92 Å². The second kappa shape index (κ2) is 6.19. The van der Waals surface area contributed by atoms with Gasteiger partial charge in [-0.15, -0.1) is 0 Å². The monoisotopic (exact) mass is 348 g/mol. The van der Waals surface area contributed by atoms with Crippen LogP contribution < -0.4 is 5.32 Å². The summed E-state index contributed by atoms with van der Waals surface area (Å²) < 4.78 is 40.0. The van der Waals surface area contributed by atoms with Gasteiger partial charge in [0, 0.05) is 24.1 Å². The fourth-order valence-corrected chi connectivity index (χ4v) is 2.61. The number of hydrogen-bond acceptors (Lipinski definition) is 3. The van der Waals surface area contributed by atoms with Gasteiger partial charge in [-0.2, -0.15) is 13.2 Å². The van der Waals surface area contributed by atoms with Crippen molar-refractivity contribution in [2.75, 3.05) is 0 Å². The number of hydrogen-bond donors (Lipinski definition) is 1. The van der Waals surface area contributed by atoms with E-state index < -0.39 is 11.7 Å². The minimum absolute atomic E-state index is 0.206. The topological polar surface area (TPSA) is 59.8 Å². The summed E-state index contributed by atoms with van der Waals surface area (Å²) in [5.74, 6) is 0.208. The Morgan fingerprint density at radius 3 is 2.68 bits per heavy atom. The van der Waals surface area contributed by atoms with Crippen molar-refractivity contribution < 1.29 is 18.0 Å². The SMILES string of the molecule is Cc1nccc(CNC(=O)c2cc3cc(C(F)(F)F)ccc3n2C)n1. The lowest BCUT2D eigenvalue weighted by molar-refractivity contribution is -0.137. The second-order valence-electron chi connectivity index (χ2n) is 5.64. The third kappa shape index (κ3) is 3.47. The molecule has 0 saturated heterocycles. The highest BCUT2D eigenvalue weighted by atomic mass is 19.4. The minimum atomic E-state index is -4.42. The molecule has 1 amide bonds. The number of amides is 1. The lowest BCUT2D eigenvalue weighted by Gasteiger charge is -2.07. The van der Waals surface area contributed by atoms with Crippen LogP contribution in [0.3, 0.4) is 0 Å². The Hall–Kier alpha value is -2.90. The molecule has 0 unspecified atom stereocenters. The molecule has 130 valence electrons. The molecule has 8 heteroatoms. The summed E-state index contributed by atoms with van der Waals surface area (Å²) in [4.78, 5) is 20.5. The van der Waals surface area contributed by atoms with Gasteiger partial charge in [0.2, 0.25) is 0 Å². The van der Waals surface area contributed by atoms with E-state index in [-0.39, 0.29) is 18.1 Å². The van der Waals surface area contributed by atoms with Gasteiger partial charge in [-0.25, -0.2) is 9.97 Å². The standard InChI is InChI=1S/C17H15F3N4O/c1-10-21-6-5-13(23-10)9-22-16(25)15-8-11-7-12(17(18,19)20)3-4-14(11)24(15)2/h3-8H,9H2,1-2H3,(H,22,25). The number of benzene rings is 1. The average Bonchev–Trinajstić information content (AvgIpc) is 2.88. The molecule has 2 aromatic heterocycles. The highest BCUT2D eigenvalue weighted by Gasteiger charge is 2.30. The molecule has 0 fully saturated rings. The molecule has 0 radical (unpaired) electrons. The van der Waals surface area contributed by atoms with Gasteiger partial charge in [-0.3, -0.25) is 4.79 Å². The van der Waals surface area contributed by atoms with Gasteiger partial charge in [0.15, 0.2) is 0 Å². The fourth-order valence-electron chi connectivity index (χ4n) is 2.61. The predicted octanol–water partition coefficient (Wildman–Crippen LogP) is 3.23. The molecule has 0 aliphatic carbocycles. The Bertz CT molecular complexity index is 947. The zero-order chi connectivity index (χ0) is 18.2. The van der Waals surface area contributed by atoms with E-state index in [1.807, 2.05) is 0 Å². The van der Waals surface area contributed by atoms with Crippen LogP contribution in [0.15, 0.2) is 36.5 Å². The zero-order valence-corrected chi connectivity index (χ0v) is 13.6. The number of fused-ring (bicyclic) bond motifs is 1. The van der Waals surface area contributed by atoms with E-state index in [9.17, 15) is 18.0 Å². The molecule has 0 spiro atoms. The maximum atomic E-state index is 12.8. The summed E-state index contributed by atoms with van der Waals surface area (Å²) in [6.07, 6.45) is -2.82. The first-order chi connectivity index (χ1) is 11.8. The Labute approximate surface area is 141 Å². The van der Waals surface area contributed by atoms with Gasteiger partial charge in [0.25, 0.3) is 5.91 Å². The van der Waals surface area contributed by atoms with Crippen LogP contribution in [0.25, 0.3) is 10.9 Å². The Morgan fingerprint density at radius 1 is 1.24 bits per heavy atom. The van der Waals surface area contributed by atoms with Gasteiger partial charge in [0.05, 0.1) is 17.8 Å². The smallest absolute Gasteiger partial charge is 0.345 e. The molecule has 1 N–H and O–H groups in total. The van der Waals surface area contributed by atoms with E-state index in [0.717, 1.165) is 12.1 Å². The van der Waals surface area contributed by atoms with Crippen molar-refractivity contribution in [2.24, 2.45) is 7.05 Å². The summed E-state index contributed by atoms with van der Waals surface area (Å²) >= 11 is 0. The summed E-state index contributed by atoms with van der Waals surface area (Å²) in [6.45, 7) is 1.95. The van der Waals surface area contributed by atoms with E-state index in [1.54, 1.807) is 30.8 Å². The molecular weight excluding hydrogens is 333 g/mol. The van der Waals surface area contributed by atoms with Gasteiger partial charge in [0.1, 0.15) is 11.5 Å². The number of aryl methyl sites for hydroxylation is 2. The van der Waals surface area contributed by atoms with Crippen LogP contribution in [-0.4, -0.2) is 20.4 Å². The number of aromatic nitrogens is 3. The van der Waals surface area contributed by atoms with Crippen molar-refractivity contribution in [1.29, 1.82) is 0 Å². The minimum Gasteiger partial charge on any atom is -0.345 e. The quantitative estimate of drug-likeness (QED) is 0.791. The largest absolute Gasteiger partial charge is 0.416 e. The number of halogens is 3. The molecular formula is C17H15F3N4O. The van der Waals surface area contributed by atoms with Crippen LogP contribution in [0.5, 0.6) is 0 Å². The van der Waals surface area contributed by atoms with E-state index in [1.165, 1.54) is 12.1 Å². The van der Waals surface area contributed by atoms with Gasteiger partial charge < -0.3 is 9.88 Å².